The Labute approximate surface area is 126 Å². The third kappa shape index (κ3) is 3.40. The van der Waals surface area contributed by atoms with E-state index in [9.17, 15) is 4.79 Å². The minimum Gasteiger partial charge on any atom is -0.397 e. The number of nitrogens with one attached hydrogen (secondary N) is 1. The van der Waals surface area contributed by atoms with Crippen LogP contribution in [0.15, 0.2) is 30.3 Å². The minimum atomic E-state index is -0.279. The van der Waals surface area contributed by atoms with E-state index in [2.05, 4.69) is 10.3 Å². The highest BCUT2D eigenvalue weighted by atomic mass is 35.5. The highest BCUT2D eigenvalue weighted by molar-refractivity contribution is 6.43. The molecule has 0 bridgehead atoms. The van der Waals surface area contributed by atoms with Gasteiger partial charge in [-0.3, -0.25) is 9.78 Å². The standard InChI is InChI=1S/C14H13Cl2N3O/c1-8-3-2-4-10(19-8)7-18-14(20)9-5-11(15)13(16)12(17)6-9/h2-6H,7,17H2,1H3,(H,18,20). The molecule has 2 aromatic rings. The van der Waals surface area contributed by atoms with Gasteiger partial charge < -0.3 is 11.1 Å². The number of carbonyl (C=O) groups is 1. The fourth-order valence-electron chi connectivity index (χ4n) is 1.71. The lowest BCUT2D eigenvalue weighted by Gasteiger charge is -2.08. The molecule has 0 aliphatic carbocycles. The summed E-state index contributed by atoms with van der Waals surface area (Å²) in [5.41, 5.74) is 8.00. The van der Waals surface area contributed by atoms with Crippen LogP contribution in [-0.2, 0) is 6.54 Å². The zero-order chi connectivity index (χ0) is 14.7. The van der Waals surface area contributed by atoms with Gasteiger partial charge in [0.1, 0.15) is 0 Å². The summed E-state index contributed by atoms with van der Waals surface area (Å²) in [4.78, 5) is 16.3. The van der Waals surface area contributed by atoms with E-state index < -0.39 is 0 Å². The first-order valence-electron chi connectivity index (χ1n) is 5.92. The van der Waals surface area contributed by atoms with Gasteiger partial charge in [-0.2, -0.15) is 0 Å². The molecule has 0 saturated carbocycles. The fraction of sp³-hybridized carbons (Fsp3) is 0.143. The maximum absolute atomic E-state index is 12.0. The predicted molar refractivity (Wildman–Crippen MR) is 81.0 cm³/mol. The van der Waals surface area contributed by atoms with E-state index in [1.165, 1.54) is 12.1 Å². The van der Waals surface area contributed by atoms with Crippen LogP contribution in [0.25, 0.3) is 0 Å². The average Bonchev–Trinajstić information content (AvgIpc) is 2.41. The summed E-state index contributed by atoms with van der Waals surface area (Å²) in [5, 5.41) is 3.27. The largest absolute Gasteiger partial charge is 0.397 e. The number of aryl methyl sites for hydroxylation is 1. The van der Waals surface area contributed by atoms with E-state index in [0.717, 1.165) is 11.4 Å². The second kappa shape index (κ2) is 6.11. The van der Waals surface area contributed by atoms with Crippen LogP contribution in [-0.4, -0.2) is 10.9 Å². The molecule has 0 radical (unpaired) electrons. The zero-order valence-electron chi connectivity index (χ0n) is 10.8. The van der Waals surface area contributed by atoms with E-state index >= 15 is 0 Å². The summed E-state index contributed by atoms with van der Waals surface area (Å²) in [5.74, 6) is -0.279. The molecule has 20 heavy (non-hydrogen) atoms. The minimum absolute atomic E-state index is 0.253. The highest BCUT2D eigenvalue weighted by Gasteiger charge is 2.11. The fourth-order valence-corrected chi connectivity index (χ4v) is 2.05. The van der Waals surface area contributed by atoms with Crippen molar-refractivity contribution in [2.45, 2.75) is 13.5 Å². The summed E-state index contributed by atoms with van der Waals surface area (Å²) < 4.78 is 0. The number of pyridine rings is 1. The molecular weight excluding hydrogens is 297 g/mol. The van der Waals surface area contributed by atoms with Crippen LogP contribution >= 0.6 is 23.2 Å². The predicted octanol–water partition coefficient (Wildman–Crippen LogP) is 3.21. The lowest BCUT2D eigenvalue weighted by atomic mass is 10.2. The van der Waals surface area contributed by atoms with Crippen molar-refractivity contribution in [1.29, 1.82) is 0 Å². The van der Waals surface area contributed by atoms with Crippen LogP contribution in [0.5, 0.6) is 0 Å². The number of nitrogens with zero attached hydrogens (tertiary/aromatic N) is 1. The topological polar surface area (TPSA) is 68.0 Å². The Morgan fingerprint density at radius 3 is 2.75 bits per heavy atom. The Bertz CT molecular complexity index is 636. The zero-order valence-corrected chi connectivity index (χ0v) is 12.3. The smallest absolute Gasteiger partial charge is 0.251 e. The Kier molecular flexibility index (Phi) is 4.47. The van der Waals surface area contributed by atoms with Gasteiger partial charge in [-0.05, 0) is 31.2 Å². The monoisotopic (exact) mass is 309 g/mol. The third-order valence-corrected chi connectivity index (χ3v) is 3.51. The van der Waals surface area contributed by atoms with E-state index in [0.29, 0.717) is 12.1 Å². The van der Waals surface area contributed by atoms with Gasteiger partial charge >= 0.3 is 0 Å². The molecule has 0 fully saturated rings. The van der Waals surface area contributed by atoms with Gasteiger partial charge in [-0.25, -0.2) is 0 Å². The summed E-state index contributed by atoms with van der Waals surface area (Å²) in [6, 6.07) is 8.61. The van der Waals surface area contributed by atoms with Gasteiger partial charge in [0.05, 0.1) is 28.0 Å². The number of anilines is 1. The van der Waals surface area contributed by atoms with Crippen LogP contribution < -0.4 is 11.1 Å². The average molecular weight is 310 g/mol. The quantitative estimate of drug-likeness (QED) is 0.855. The summed E-state index contributed by atoms with van der Waals surface area (Å²) in [6.07, 6.45) is 0. The van der Waals surface area contributed by atoms with E-state index in [1.807, 2.05) is 25.1 Å². The second-order valence-electron chi connectivity index (χ2n) is 4.31. The van der Waals surface area contributed by atoms with Crippen LogP contribution in [0.1, 0.15) is 21.7 Å². The number of nitrogens with two attached hydrogens (primary N) is 1. The van der Waals surface area contributed by atoms with Crippen LogP contribution in [0.3, 0.4) is 0 Å². The molecule has 1 aromatic heterocycles. The molecule has 0 aliphatic rings. The van der Waals surface area contributed by atoms with Gasteiger partial charge in [-0.15, -0.1) is 0 Å². The summed E-state index contributed by atoms with van der Waals surface area (Å²) in [6.45, 7) is 2.23. The van der Waals surface area contributed by atoms with Crippen molar-refractivity contribution in [3.05, 3.63) is 57.3 Å². The first-order chi connectivity index (χ1) is 9.47. The number of nitrogen functional groups attached to an aromatic ring is 1. The van der Waals surface area contributed by atoms with Crippen molar-refractivity contribution < 1.29 is 4.79 Å². The first-order valence-corrected chi connectivity index (χ1v) is 6.68. The maximum atomic E-state index is 12.0. The van der Waals surface area contributed by atoms with Gasteiger partial charge in [0.2, 0.25) is 0 Å². The van der Waals surface area contributed by atoms with E-state index in [4.69, 9.17) is 28.9 Å². The molecule has 104 valence electrons. The van der Waals surface area contributed by atoms with Crippen molar-refractivity contribution in [2.24, 2.45) is 0 Å². The van der Waals surface area contributed by atoms with Crippen molar-refractivity contribution in [2.75, 3.05) is 5.73 Å². The number of benzene rings is 1. The Morgan fingerprint density at radius 2 is 2.10 bits per heavy atom. The number of amides is 1. The number of aromatic nitrogens is 1. The first kappa shape index (κ1) is 14.6. The van der Waals surface area contributed by atoms with Gasteiger partial charge in [0.25, 0.3) is 5.91 Å². The molecule has 3 N–H and O–H groups in total. The number of carbonyl (C=O) groups excluding carboxylic acids is 1. The molecule has 1 aromatic carbocycles. The van der Waals surface area contributed by atoms with Crippen LogP contribution in [0, 0.1) is 6.92 Å². The van der Waals surface area contributed by atoms with Gasteiger partial charge in [0, 0.05) is 11.3 Å². The Morgan fingerprint density at radius 1 is 1.35 bits per heavy atom. The molecule has 0 saturated heterocycles. The van der Waals surface area contributed by atoms with Crippen molar-refractivity contribution in [1.82, 2.24) is 10.3 Å². The second-order valence-corrected chi connectivity index (χ2v) is 5.10. The van der Waals surface area contributed by atoms with E-state index in [1.54, 1.807) is 0 Å². The molecule has 1 heterocycles. The van der Waals surface area contributed by atoms with Crippen molar-refractivity contribution in [3.8, 4) is 0 Å². The van der Waals surface area contributed by atoms with Gasteiger partial charge in [0.15, 0.2) is 0 Å². The lowest BCUT2D eigenvalue weighted by molar-refractivity contribution is 0.0950. The molecule has 1 amide bonds. The third-order valence-electron chi connectivity index (χ3n) is 2.69. The molecule has 2 rings (SSSR count). The SMILES string of the molecule is Cc1cccc(CNC(=O)c2cc(N)c(Cl)c(Cl)c2)n1. The number of rotatable bonds is 3. The lowest BCUT2D eigenvalue weighted by Crippen LogP contribution is -2.23. The van der Waals surface area contributed by atoms with Crippen molar-refractivity contribution in [3.63, 3.8) is 0 Å². The molecule has 0 atom stereocenters. The molecule has 6 heteroatoms. The summed E-state index contributed by atoms with van der Waals surface area (Å²) in [7, 11) is 0. The maximum Gasteiger partial charge on any atom is 0.251 e. The molecule has 0 unspecified atom stereocenters. The van der Waals surface area contributed by atoms with Crippen LogP contribution in [0.2, 0.25) is 10.0 Å². The van der Waals surface area contributed by atoms with E-state index in [-0.39, 0.29) is 21.6 Å². The number of hydrogen-bond donors (Lipinski definition) is 2. The van der Waals surface area contributed by atoms with Crippen LogP contribution in [0.4, 0.5) is 5.69 Å². The molecule has 4 nitrogen and oxygen atoms in total. The molecular formula is C14H13Cl2N3O. The molecule has 0 aliphatic heterocycles. The molecule has 0 spiro atoms. The Balaban J connectivity index is 2.09. The summed E-state index contributed by atoms with van der Waals surface area (Å²) >= 11 is 11.7. The number of halogens is 2. The van der Waals surface area contributed by atoms with Gasteiger partial charge in [-0.1, -0.05) is 29.3 Å². The van der Waals surface area contributed by atoms with Crippen molar-refractivity contribution >= 4 is 34.8 Å². The Hall–Kier alpha value is -1.78. The number of hydrogen-bond acceptors (Lipinski definition) is 3. The highest BCUT2D eigenvalue weighted by Crippen LogP contribution is 2.29. The normalized spacial score (nSPS) is 10.3.